The maximum absolute atomic E-state index is 5.77. The summed E-state index contributed by atoms with van der Waals surface area (Å²) in [5.74, 6) is 0. The van der Waals surface area contributed by atoms with E-state index < -0.39 is 0 Å². The molecule has 0 aliphatic rings. The van der Waals surface area contributed by atoms with Crippen LogP contribution in [0, 0.1) is 0 Å². The molecule has 0 unspecified atom stereocenters. The summed E-state index contributed by atoms with van der Waals surface area (Å²) in [6, 6.07) is 5.81. The molecule has 3 heteroatoms. The first-order valence-corrected chi connectivity index (χ1v) is 5.11. The predicted octanol–water partition coefficient (Wildman–Crippen LogP) is 3.04. The van der Waals surface area contributed by atoms with Crippen molar-refractivity contribution >= 4 is 18.3 Å². The van der Waals surface area contributed by atoms with Gasteiger partial charge in [-0.1, -0.05) is 19.2 Å². The van der Waals surface area contributed by atoms with E-state index in [1.165, 1.54) is 0 Å². The topological polar surface area (TPSA) is 29.3 Å². The Balaban J connectivity index is 2.84. The van der Waals surface area contributed by atoms with Crippen LogP contribution in [-0.4, -0.2) is 4.90 Å². The Morgan fingerprint density at radius 1 is 1.60 bits per heavy atom. The van der Waals surface area contributed by atoms with Crippen LogP contribution < -0.4 is 5.73 Å². The van der Waals surface area contributed by atoms with Crippen LogP contribution >= 0.6 is 12.6 Å². The van der Waals surface area contributed by atoms with Crippen LogP contribution in [0.3, 0.4) is 0 Å². The van der Waals surface area contributed by atoms with E-state index >= 15 is 0 Å². The van der Waals surface area contributed by atoms with Gasteiger partial charge in [0.15, 0.2) is 0 Å². The lowest BCUT2D eigenvalue weighted by Gasteiger charge is -2.20. The van der Waals surface area contributed by atoms with E-state index in [2.05, 4.69) is 25.8 Å². The molecule has 0 aromatic heterocycles. The van der Waals surface area contributed by atoms with E-state index in [4.69, 9.17) is 5.73 Å². The maximum Gasteiger partial charge on any atom is 0.0472 e. The average molecular weight is 220 g/mol. The first-order valence-electron chi connectivity index (χ1n) is 4.66. The van der Waals surface area contributed by atoms with Gasteiger partial charge in [-0.15, -0.1) is 12.6 Å². The Morgan fingerprint density at radius 2 is 2.27 bits per heavy atom. The molecule has 0 heterocycles. The largest absolute Gasteiger partial charge is 0.398 e. The third kappa shape index (κ3) is 3.06. The lowest BCUT2D eigenvalue weighted by Crippen LogP contribution is -2.13. The Hall–Kier alpha value is -1.35. The molecule has 2 nitrogen and oxygen atoms in total. The smallest absolute Gasteiger partial charge is 0.0472 e. The highest BCUT2D eigenvalue weighted by Gasteiger charge is 2.02. The summed E-state index contributed by atoms with van der Waals surface area (Å²) in [4.78, 5) is 2.77. The van der Waals surface area contributed by atoms with Crippen molar-refractivity contribution in [1.29, 1.82) is 0 Å². The molecule has 15 heavy (non-hydrogen) atoms. The van der Waals surface area contributed by atoms with Gasteiger partial charge in [0.1, 0.15) is 0 Å². The fraction of sp³-hybridized carbons (Fsp3) is 0.167. The van der Waals surface area contributed by atoms with Crippen LogP contribution in [0.25, 0.3) is 0 Å². The Labute approximate surface area is 96.5 Å². The molecule has 0 saturated carbocycles. The minimum Gasteiger partial charge on any atom is -0.398 e. The van der Waals surface area contributed by atoms with Crippen molar-refractivity contribution in [2.75, 3.05) is 5.73 Å². The van der Waals surface area contributed by atoms with Crippen molar-refractivity contribution < 1.29 is 0 Å². The van der Waals surface area contributed by atoms with Gasteiger partial charge in [0.2, 0.25) is 0 Å². The van der Waals surface area contributed by atoms with Crippen molar-refractivity contribution in [3.8, 4) is 0 Å². The third-order valence-corrected chi connectivity index (χ3v) is 2.56. The summed E-state index contributed by atoms with van der Waals surface area (Å²) in [6.07, 6.45) is 1.76. The molecule has 0 aliphatic carbocycles. The van der Waals surface area contributed by atoms with E-state index in [0.29, 0.717) is 5.69 Å². The molecule has 1 aromatic carbocycles. The van der Waals surface area contributed by atoms with Gasteiger partial charge in [0.05, 0.1) is 0 Å². The number of nitrogens with zero attached hydrogens (tertiary/aromatic N) is 1. The summed E-state index contributed by atoms with van der Waals surface area (Å²) < 4.78 is 0. The zero-order chi connectivity index (χ0) is 11.4. The van der Waals surface area contributed by atoms with Crippen LogP contribution in [0.5, 0.6) is 0 Å². The van der Waals surface area contributed by atoms with Crippen LogP contribution in [0.4, 0.5) is 5.69 Å². The fourth-order valence-electron chi connectivity index (χ4n) is 1.25. The van der Waals surface area contributed by atoms with Gasteiger partial charge >= 0.3 is 0 Å². The molecule has 0 bridgehead atoms. The maximum atomic E-state index is 5.77. The number of hydrogen-bond acceptors (Lipinski definition) is 3. The van der Waals surface area contributed by atoms with E-state index in [0.717, 1.165) is 22.7 Å². The van der Waals surface area contributed by atoms with Gasteiger partial charge in [-0.05, 0) is 30.8 Å². The van der Waals surface area contributed by atoms with Crippen molar-refractivity contribution in [2.45, 2.75) is 18.4 Å². The minimum absolute atomic E-state index is 0.696. The van der Waals surface area contributed by atoms with Crippen molar-refractivity contribution in [2.24, 2.45) is 0 Å². The number of benzene rings is 1. The molecular formula is C12H16N2S. The number of nitrogen functional groups attached to an aromatic ring is 1. The molecule has 1 rings (SSSR count). The molecule has 2 N–H and O–H groups in total. The van der Waals surface area contributed by atoms with E-state index in [-0.39, 0.29) is 0 Å². The molecule has 0 aliphatic heterocycles. The summed E-state index contributed by atoms with van der Waals surface area (Å²) in [6.45, 7) is 10.3. The Morgan fingerprint density at radius 3 is 2.73 bits per heavy atom. The summed E-state index contributed by atoms with van der Waals surface area (Å²) in [7, 11) is 0. The van der Waals surface area contributed by atoms with Crippen LogP contribution in [-0.2, 0) is 6.54 Å². The van der Waals surface area contributed by atoms with Crippen molar-refractivity contribution in [3.63, 3.8) is 0 Å². The Kier molecular flexibility index (Phi) is 3.86. The molecule has 0 saturated heterocycles. The molecule has 0 radical (unpaired) electrons. The van der Waals surface area contributed by atoms with Crippen LogP contribution in [0.2, 0.25) is 0 Å². The highest BCUT2D eigenvalue weighted by Crippen LogP contribution is 2.19. The molecule has 1 aromatic rings. The number of anilines is 1. The average Bonchev–Trinajstić information content (AvgIpc) is 2.19. The van der Waals surface area contributed by atoms with E-state index in [1.807, 2.05) is 30.0 Å². The SMILES string of the molecule is C=CN(Cc1ccc(S)c(N)c1)C(=C)C. The molecular weight excluding hydrogens is 204 g/mol. The van der Waals surface area contributed by atoms with Crippen LogP contribution in [0.15, 0.2) is 48.1 Å². The van der Waals surface area contributed by atoms with Crippen molar-refractivity contribution in [1.82, 2.24) is 4.90 Å². The van der Waals surface area contributed by atoms with Gasteiger partial charge in [-0.3, -0.25) is 0 Å². The fourth-order valence-corrected chi connectivity index (χ4v) is 1.39. The molecule has 0 amide bonds. The lowest BCUT2D eigenvalue weighted by atomic mass is 10.2. The van der Waals surface area contributed by atoms with Gasteiger partial charge in [-0.25, -0.2) is 0 Å². The minimum atomic E-state index is 0.696. The van der Waals surface area contributed by atoms with E-state index in [9.17, 15) is 0 Å². The molecule has 0 fully saturated rings. The second-order valence-corrected chi connectivity index (χ2v) is 3.92. The Bertz CT molecular complexity index is 385. The third-order valence-electron chi connectivity index (χ3n) is 2.16. The van der Waals surface area contributed by atoms with Gasteiger partial charge in [0.25, 0.3) is 0 Å². The summed E-state index contributed by atoms with van der Waals surface area (Å²) in [5.41, 5.74) is 8.54. The number of allylic oxidation sites excluding steroid dienone is 1. The summed E-state index contributed by atoms with van der Waals surface area (Å²) >= 11 is 4.22. The number of thiol groups is 1. The first kappa shape index (κ1) is 11.7. The standard InChI is InChI=1S/C12H16N2S/c1-4-14(9(2)3)8-10-5-6-12(15)11(13)7-10/h4-7,15H,1-2,8,13H2,3H3. The predicted molar refractivity (Wildman–Crippen MR) is 68.7 cm³/mol. The molecule has 80 valence electrons. The van der Waals surface area contributed by atoms with Gasteiger partial charge < -0.3 is 10.6 Å². The number of rotatable bonds is 4. The number of nitrogens with two attached hydrogens (primary N) is 1. The first-order chi connectivity index (χ1) is 7.04. The van der Waals surface area contributed by atoms with Crippen molar-refractivity contribution in [3.05, 3.63) is 48.8 Å². The van der Waals surface area contributed by atoms with Gasteiger partial charge in [0, 0.05) is 22.8 Å². The normalized spacial score (nSPS) is 9.73. The van der Waals surface area contributed by atoms with Gasteiger partial charge in [-0.2, -0.15) is 0 Å². The lowest BCUT2D eigenvalue weighted by molar-refractivity contribution is 0.463. The summed E-state index contributed by atoms with van der Waals surface area (Å²) in [5, 5.41) is 0. The van der Waals surface area contributed by atoms with Crippen LogP contribution in [0.1, 0.15) is 12.5 Å². The quantitative estimate of drug-likeness (QED) is 0.603. The second kappa shape index (κ2) is 4.94. The zero-order valence-corrected chi connectivity index (χ0v) is 9.80. The zero-order valence-electron chi connectivity index (χ0n) is 8.90. The molecule has 0 atom stereocenters. The monoisotopic (exact) mass is 220 g/mol. The molecule has 0 spiro atoms. The number of hydrogen-bond donors (Lipinski definition) is 2. The van der Waals surface area contributed by atoms with E-state index in [1.54, 1.807) is 6.20 Å². The highest BCUT2D eigenvalue weighted by atomic mass is 32.1. The highest BCUT2D eigenvalue weighted by molar-refractivity contribution is 7.80. The second-order valence-electron chi connectivity index (χ2n) is 3.44.